The number of aromatic amines is 1. The van der Waals surface area contributed by atoms with Crippen molar-refractivity contribution in [3.63, 3.8) is 0 Å². The van der Waals surface area contributed by atoms with Crippen molar-refractivity contribution in [2.45, 2.75) is 25.2 Å². The first-order chi connectivity index (χ1) is 13.1. The molecule has 1 saturated heterocycles. The number of benzene rings is 1. The summed E-state index contributed by atoms with van der Waals surface area (Å²) in [5.74, 6) is -0.121. The van der Waals surface area contributed by atoms with E-state index in [1.807, 2.05) is 17.9 Å². The quantitative estimate of drug-likeness (QED) is 0.759. The average Bonchev–Trinajstić information content (AvgIpc) is 3.15. The standard InChI is InChI=1S/C21H21N3O2S/c1-15-22-18(14-27-15)21(16-6-3-2-4-7-16)10-12-24(13-11-21)20(26)17-8-5-9-19(25)23-17/h2-9,14H,10-13H2,1H3,(H,23,25). The van der Waals surface area contributed by atoms with Gasteiger partial charge in [-0.3, -0.25) is 9.59 Å². The fraction of sp³-hybridized carbons (Fsp3) is 0.286. The Morgan fingerprint density at radius 3 is 2.48 bits per heavy atom. The molecule has 0 saturated carbocycles. The number of pyridine rings is 1. The third-order valence-corrected chi connectivity index (χ3v) is 6.11. The molecule has 5 nitrogen and oxygen atoms in total. The second-order valence-electron chi connectivity index (χ2n) is 6.92. The SMILES string of the molecule is Cc1nc(C2(c3ccccc3)CCN(C(=O)c3cccc(=O)[nH]3)CC2)cs1. The summed E-state index contributed by atoms with van der Waals surface area (Å²) in [6.45, 7) is 3.28. The van der Waals surface area contributed by atoms with E-state index < -0.39 is 0 Å². The van der Waals surface area contributed by atoms with Gasteiger partial charge < -0.3 is 9.88 Å². The first kappa shape index (κ1) is 17.7. The molecule has 0 radical (unpaired) electrons. The topological polar surface area (TPSA) is 66.1 Å². The zero-order valence-corrected chi connectivity index (χ0v) is 16.0. The Bertz CT molecular complexity index is 1000. The number of H-pyrrole nitrogens is 1. The summed E-state index contributed by atoms with van der Waals surface area (Å²) in [4.78, 5) is 33.6. The number of carbonyl (C=O) groups excluding carboxylic acids is 1. The minimum atomic E-state index is -0.255. The molecule has 0 atom stereocenters. The van der Waals surface area contributed by atoms with Crippen molar-refractivity contribution in [3.05, 3.63) is 86.2 Å². The van der Waals surface area contributed by atoms with Gasteiger partial charge in [-0.15, -0.1) is 11.3 Å². The third kappa shape index (κ3) is 3.32. The Morgan fingerprint density at radius 2 is 1.85 bits per heavy atom. The molecule has 1 aliphatic rings. The van der Waals surface area contributed by atoms with Crippen molar-refractivity contribution < 1.29 is 4.79 Å². The van der Waals surface area contributed by atoms with E-state index in [2.05, 4.69) is 34.6 Å². The number of thiazole rings is 1. The fourth-order valence-electron chi connectivity index (χ4n) is 3.87. The van der Waals surface area contributed by atoms with E-state index in [-0.39, 0.29) is 16.9 Å². The molecule has 138 valence electrons. The monoisotopic (exact) mass is 379 g/mol. The molecule has 27 heavy (non-hydrogen) atoms. The summed E-state index contributed by atoms with van der Waals surface area (Å²) in [5, 5.41) is 3.20. The van der Waals surface area contributed by atoms with Crippen molar-refractivity contribution in [3.8, 4) is 0 Å². The zero-order valence-electron chi connectivity index (χ0n) is 15.1. The maximum Gasteiger partial charge on any atom is 0.270 e. The number of aromatic nitrogens is 2. The van der Waals surface area contributed by atoms with Gasteiger partial charge in [-0.1, -0.05) is 36.4 Å². The van der Waals surface area contributed by atoms with Gasteiger partial charge in [0.1, 0.15) is 5.69 Å². The smallest absolute Gasteiger partial charge is 0.270 e. The second-order valence-corrected chi connectivity index (χ2v) is 7.98. The van der Waals surface area contributed by atoms with E-state index in [0.717, 1.165) is 23.5 Å². The van der Waals surface area contributed by atoms with Crippen LogP contribution in [0.25, 0.3) is 0 Å². The Balaban J connectivity index is 1.62. The minimum absolute atomic E-state index is 0.121. The zero-order chi connectivity index (χ0) is 18.9. The van der Waals surface area contributed by atoms with E-state index in [1.165, 1.54) is 11.6 Å². The number of hydrogen-bond donors (Lipinski definition) is 1. The predicted octanol–water partition coefficient (Wildman–Crippen LogP) is 3.36. The van der Waals surface area contributed by atoms with Crippen LogP contribution in [0.15, 0.2) is 58.7 Å². The van der Waals surface area contributed by atoms with Gasteiger partial charge in [0.15, 0.2) is 0 Å². The fourth-order valence-corrected chi connectivity index (χ4v) is 4.58. The Kier molecular flexibility index (Phi) is 4.66. The summed E-state index contributed by atoms with van der Waals surface area (Å²) in [7, 11) is 0. The highest BCUT2D eigenvalue weighted by Gasteiger charge is 2.40. The summed E-state index contributed by atoms with van der Waals surface area (Å²) < 4.78 is 0. The summed E-state index contributed by atoms with van der Waals surface area (Å²) in [5.41, 5.74) is 2.26. The minimum Gasteiger partial charge on any atom is -0.337 e. The molecular weight excluding hydrogens is 358 g/mol. The lowest BCUT2D eigenvalue weighted by Gasteiger charge is -2.41. The van der Waals surface area contributed by atoms with Gasteiger partial charge in [-0.25, -0.2) is 4.98 Å². The van der Waals surface area contributed by atoms with Crippen LogP contribution in [0.3, 0.4) is 0 Å². The van der Waals surface area contributed by atoms with Crippen molar-refractivity contribution in [2.24, 2.45) is 0 Å². The van der Waals surface area contributed by atoms with Crippen molar-refractivity contribution in [1.29, 1.82) is 0 Å². The van der Waals surface area contributed by atoms with Gasteiger partial charge in [-0.05, 0) is 31.4 Å². The Morgan fingerprint density at radius 1 is 1.11 bits per heavy atom. The van der Waals surface area contributed by atoms with Gasteiger partial charge in [0.25, 0.3) is 5.91 Å². The number of nitrogens with zero attached hydrogens (tertiary/aromatic N) is 2. The van der Waals surface area contributed by atoms with Crippen LogP contribution in [0.2, 0.25) is 0 Å². The molecule has 4 rings (SSSR count). The molecule has 1 aromatic carbocycles. The Labute approximate surface area is 161 Å². The molecule has 1 fully saturated rings. The van der Waals surface area contributed by atoms with E-state index in [4.69, 9.17) is 4.98 Å². The largest absolute Gasteiger partial charge is 0.337 e. The van der Waals surface area contributed by atoms with Gasteiger partial charge in [0.05, 0.1) is 10.7 Å². The van der Waals surface area contributed by atoms with Gasteiger partial charge in [-0.2, -0.15) is 0 Å². The highest BCUT2D eigenvalue weighted by Crippen LogP contribution is 2.42. The lowest BCUT2D eigenvalue weighted by molar-refractivity contribution is 0.0678. The molecule has 0 unspecified atom stereocenters. The molecule has 0 aliphatic carbocycles. The van der Waals surface area contributed by atoms with E-state index in [9.17, 15) is 9.59 Å². The molecule has 0 bridgehead atoms. The second kappa shape index (κ2) is 7.12. The van der Waals surface area contributed by atoms with Gasteiger partial charge in [0.2, 0.25) is 5.56 Å². The predicted molar refractivity (Wildman–Crippen MR) is 106 cm³/mol. The van der Waals surface area contributed by atoms with Crippen LogP contribution in [0.1, 0.15) is 39.6 Å². The van der Waals surface area contributed by atoms with Crippen molar-refractivity contribution in [2.75, 3.05) is 13.1 Å². The maximum absolute atomic E-state index is 12.8. The first-order valence-corrected chi connectivity index (χ1v) is 9.93. The normalized spacial score (nSPS) is 16.3. The van der Waals surface area contributed by atoms with Crippen molar-refractivity contribution >= 4 is 17.2 Å². The summed E-state index contributed by atoms with van der Waals surface area (Å²) in [6.07, 6.45) is 1.62. The third-order valence-electron chi connectivity index (χ3n) is 5.34. The molecule has 3 aromatic rings. The lowest BCUT2D eigenvalue weighted by Crippen LogP contribution is -2.46. The number of nitrogens with one attached hydrogen (secondary N) is 1. The molecule has 1 amide bonds. The number of amides is 1. The lowest BCUT2D eigenvalue weighted by atomic mass is 9.70. The highest BCUT2D eigenvalue weighted by atomic mass is 32.1. The molecule has 1 aliphatic heterocycles. The molecule has 0 spiro atoms. The maximum atomic E-state index is 12.8. The van der Waals surface area contributed by atoms with E-state index in [0.29, 0.717) is 18.8 Å². The first-order valence-electron chi connectivity index (χ1n) is 9.05. The van der Waals surface area contributed by atoms with Crippen LogP contribution in [0, 0.1) is 6.92 Å². The number of likely N-dealkylation sites (tertiary alicyclic amines) is 1. The molecule has 3 heterocycles. The van der Waals surface area contributed by atoms with Gasteiger partial charge in [0, 0.05) is 30.0 Å². The number of aryl methyl sites for hydroxylation is 1. The number of rotatable bonds is 3. The summed E-state index contributed by atoms with van der Waals surface area (Å²) in [6, 6.07) is 15.1. The van der Waals surface area contributed by atoms with Crippen LogP contribution >= 0.6 is 11.3 Å². The average molecular weight is 379 g/mol. The number of piperidine rings is 1. The highest BCUT2D eigenvalue weighted by molar-refractivity contribution is 7.09. The van der Waals surface area contributed by atoms with Crippen LogP contribution in [0.4, 0.5) is 0 Å². The summed E-state index contributed by atoms with van der Waals surface area (Å²) >= 11 is 1.67. The Hall–Kier alpha value is -2.73. The van der Waals surface area contributed by atoms with E-state index in [1.54, 1.807) is 23.5 Å². The molecule has 1 N–H and O–H groups in total. The van der Waals surface area contributed by atoms with Crippen LogP contribution in [-0.2, 0) is 5.41 Å². The van der Waals surface area contributed by atoms with Crippen LogP contribution in [-0.4, -0.2) is 33.9 Å². The molecule has 6 heteroatoms. The van der Waals surface area contributed by atoms with Crippen LogP contribution < -0.4 is 5.56 Å². The molecule has 2 aromatic heterocycles. The van der Waals surface area contributed by atoms with Crippen molar-refractivity contribution in [1.82, 2.24) is 14.9 Å². The van der Waals surface area contributed by atoms with Crippen LogP contribution in [0.5, 0.6) is 0 Å². The number of hydrogen-bond acceptors (Lipinski definition) is 4. The van der Waals surface area contributed by atoms with Gasteiger partial charge >= 0.3 is 0 Å². The molecular formula is C21H21N3O2S. The number of carbonyl (C=O) groups is 1. The van der Waals surface area contributed by atoms with E-state index >= 15 is 0 Å².